The molecule has 0 fully saturated rings. The third-order valence-electron chi connectivity index (χ3n) is 2.98. The van der Waals surface area contributed by atoms with Crippen molar-refractivity contribution in [1.29, 1.82) is 5.26 Å². The number of hydrogen-bond acceptors (Lipinski definition) is 5. The van der Waals surface area contributed by atoms with E-state index < -0.39 is 10.8 Å². The van der Waals surface area contributed by atoms with Crippen molar-refractivity contribution in [2.45, 2.75) is 0 Å². The van der Waals surface area contributed by atoms with Gasteiger partial charge in [0, 0.05) is 29.0 Å². The molecule has 0 unspecified atom stereocenters. The van der Waals surface area contributed by atoms with Crippen molar-refractivity contribution in [1.82, 2.24) is 0 Å². The fourth-order valence-electron chi connectivity index (χ4n) is 1.79. The normalized spacial score (nSPS) is 10.7. The first-order chi connectivity index (χ1) is 11.9. The Morgan fingerprint density at radius 3 is 2.64 bits per heavy atom. The minimum atomic E-state index is -0.690. The van der Waals surface area contributed by atoms with Gasteiger partial charge in [0.25, 0.3) is 11.6 Å². The predicted molar refractivity (Wildman–Crippen MR) is 95.5 cm³/mol. The van der Waals surface area contributed by atoms with Crippen molar-refractivity contribution in [3.63, 3.8) is 0 Å². The number of nitrogens with one attached hydrogen (secondary N) is 2. The van der Waals surface area contributed by atoms with Crippen molar-refractivity contribution in [3.05, 3.63) is 74.4 Å². The number of nitro benzene ring substituents is 1. The number of non-ortho nitro benzene ring substituents is 1. The van der Waals surface area contributed by atoms with Gasteiger partial charge in [-0.25, -0.2) is 0 Å². The first-order valence-electron chi connectivity index (χ1n) is 6.78. The standard InChI is InChI=1S/C16H10Cl2N4O3/c17-11-4-5-15(14(18)6-11)21-16(23)10(8-19)9-20-12-2-1-3-13(7-12)22(24)25/h1-7,9,20H,(H,21,23)/b10-9-. The lowest BCUT2D eigenvalue weighted by atomic mass is 10.2. The number of nitriles is 1. The number of carbonyl (C=O) groups is 1. The largest absolute Gasteiger partial charge is 0.360 e. The number of benzene rings is 2. The Kier molecular flexibility index (Phi) is 5.95. The lowest BCUT2D eigenvalue weighted by molar-refractivity contribution is -0.384. The maximum absolute atomic E-state index is 12.1. The van der Waals surface area contributed by atoms with Crippen molar-refractivity contribution in [2.75, 3.05) is 10.6 Å². The summed E-state index contributed by atoms with van der Waals surface area (Å²) in [5.74, 6) is -0.690. The van der Waals surface area contributed by atoms with Gasteiger partial charge < -0.3 is 10.6 Å². The third kappa shape index (κ3) is 4.94. The maximum Gasteiger partial charge on any atom is 0.271 e. The summed E-state index contributed by atoms with van der Waals surface area (Å²) < 4.78 is 0. The molecule has 25 heavy (non-hydrogen) atoms. The van der Waals surface area contributed by atoms with E-state index in [2.05, 4.69) is 10.6 Å². The first kappa shape index (κ1) is 18.3. The lowest BCUT2D eigenvalue weighted by Crippen LogP contribution is -2.14. The van der Waals surface area contributed by atoms with Crippen LogP contribution in [0.15, 0.2) is 54.2 Å². The van der Waals surface area contributed by atoms with E-state index >= 15 is 0 Å². The molecule has 0 spiro atoms. The topological polar surface area (TPSA) is 108 Å². The fourth-order valence-corrected chi connectivity index (χ4v) is 2.25. The van der Waals surface area contributed by atoms with E-state index in [0.717, 1.165) is 6.20 Å². The molecule has 0 bridgehead atoms. The smallest absolute Gasteiger partial charge is 0.271 e. The Bertz CT molecular complexity index is 906. The molecular weight excluding hydrogens is 367 g/mol. The summed E-state index contributed by atoms with van der Waals surface area (Å²) in [5.41, 5.74) is 0.304. The molecule has 7 nitrogen and oxygen atoms in total. The van der Waals surface area contributed by atoms with E-state index in [0.29, 0.717) is 16.4 Å². The zero-order valence-electron chi connectivity index (χ0n) is 12.5. The van der Waals surface area contributed by atoms with Gasteiger partial charge in [-0.3, -0.25) is 14.9 Å². The van der Waals surface area contributed by atoms with Crippen LogP contribution in [0.3, 0.4) is 0 Å². The number of anilines is 2. The molecular formula is C16H10Cl2N4O3. The Hall–Kier alpha value is -3.08. The van der Waals surface area contributed by atoms with Gasteiger partial charge >= 0.3 is 0 Å². The van der Waals surface area contributed by atoms with Crippen LogP contribution in [0, 0.1) is 21.4 Å². The summed E-state index contributed by atoms with van der Waals surface area (Å²) in [7, 11) is 0. The van der Waals surface area contributed by atoms with Gasteiger partial charge in [-0.05, 0) is 24.3 Å². The van der Waals surface area contributed by atoms with Crippen molar-refractivity contribution in [2.24, 2.45) is 0 Å². The molecule has 0 aliphatic rings. The molecule has 2 aromatic carbocycles. The van der Waals surface area contributed by atoms with Gasteiger partial charge in [0.15, 0.2) is 0 Å². The predicted octanol–water partition coefficient (Wildman–Crippen LogP) is 4.36. The molecule has 0 saturated heterocycles. The Labute approximate surface area is 152 Å². The van der Waals surface area contributed by atoms with Gasteiger partial charge in [-0.2, -0.15) is 5.26 Å². The Morgan fingerprint density at radius 1 is 1.24 bits per heavy atom. The number of nitrogens with zero attached hydrogens (tertiary/aromatic N) is 2. The van der Waals surface area contributed by atoms with E-state index in [1.807, 2.05) is 0 Å². The van der Waals surface area contributed by atoms with Crippen LogP contribution in [0.4, 0.5) is 17.1 Å². The van der Waals surface area contributed by atoms with Crippen LogP contribution in [-0.4, -0.2) is 10.8 Å². The highest BCUT2D eigenvalue weighted by Gasteiger charge is 2.12. The highest BCUT2D eigenvalue weighted by molar-refractivity contribution is 6.36. The number of amides is 1. The van der Waals surface area contributed by atoms with Gasteiger partial charge in [0.1, 0.15) is 11.6 Å². The second-order valence-corrected chi connectivity index (χ2v) is 5.54. The highest BCUT2D eigenvalue weighted by atomic mass is 35.5. The molecule has 2 N–H and O–H groups in total. The van der Waals surface area contributed by atoms with Crippen molar-refractivity contribution in [3.8, 4) is 6.07 Å². The number of rotatable bonds is 5. The second kappa shape index (κ2) is 8.15. The molecule has 126 valence electrons. The molecule has 1 amide bonds. The van der Waals surface area contributed by atoms with Crippen molar-refractivity contribution >= 4 is 46.2 Å². The lowest BCUT2D eigenvalue weighted by Gasteiger charge is -2.07. The summed E-state index contributed by atoms with van der Waals surface area (Å²) in [6.45, 7) is 0. The van der Waals surface area contributed by atoms with E-state index in [-0.39, 0.29) is 16.3 Å². The second-order valence-electron chi connectivity index (χ2n) is 4.70. The molecule has 2 rings (SSSR count). The van der Waals surface area contributed by atoms with Crippen LogP contribution in [0.25, 0.3) is 0 Å². The maximum atomic E-state index is 12.1. The van der Waals surface area contributed by atoms with Crippen LogP contribution >= 0.6 is 23.2 Å². The minimum absolute atomic E-state index is 0.116. The van der Waals surface area contributed by atoms with E-state index in [9.17, 15) is 14.9 Å². The molecule has 0 aliphatic heterocycles. The summed E-state index contributed by atoms with van der Waals surface area (Å²) in [6.07, 6.45) is 1.15. The molecule has 0 radical (unpaired) electrons. The van der Waals surface area contributed by atoms with Gasteiger partial charge in [-0.1, -0.05) is 29.3 Å². The number of hydrogen-bond donors (Lipinski definition) is 2. The van der Waals surface area contributed by atoms with Gasteiger partial charge in [-0.15, -0.1) is 0 Å². The molecule has 0 heterocycles. The van der Waals surface area contributed by atoms with Crippen LogP contribution < -0.4 is 10.6 Å². The third-order valence-corrected chi connectivity index (χ3v) is 3.53. The summed E-state index contributed by atoms with van der Waals surface area (Å²) in [4.78, 5) is 22.3. The monoisotopic (exact) mass is 376 g/mol. The first-order valence-corrected chi connectivity index (χ1v) is 7.54. The fraction of sp³-hybridized carbons (Fsp3) is 0. The summed E-state index contributed by atoms with van der Waals surface area (Å²) >= 11 is 11.7. The van der Waals surface area contributed by atoms with Gasteiger partial charge in [0.05, 0.1) is 15.6 Å². The SMILES string of the molecule is N#C/C(=C/Nc1cccc([N+](=O)[O-])c1)C(=O)Nc1ccc(Cl)cc1Cl. The van der Waals surface area contributed by atoms with Crippen LogP contribution in [-0.2, 0) is 4.79 Å². The summed E-state index contributed by atoms with van der Waals surface area (Å²) in [5, 5.41) is 25.7. The van der Waals surface area contributed by atoms with Crippen molar-refractivity contribution < 1.29 is 9.72 Å². The molecule has 0 atom stereocenters. The molecule has 9 heteroatoms. The average Bonchev–Trinajstić information content (AvgIpc) is 2.58. The van der Waals surface area contributed by atoms with Crippen LogP contribution in [0.1, 0.15) is 0 Å². The zero-order valence-corrected chi connectivity index (χ0v) is 14.0. The van der Waals surface area contributed by atoms with Crippen LogP contribution in [0.5, 0.6) is 0 Å². The Balaban J connectivity index is 2.14. The number of nitro groups is 1. The molecule has 0 aromatic heterocycles. The molecule has 0 aliphatic carbocycles. The van der Waals surface area contributed by atoms with E-state index in [4.69, 9.17) is 28.5 Å². The van der Waals surface area contributed by atoms with E-state index in [1.165, 1.54) is 30.3 Å². The Morgan fingerprint density at radius 2 is 2.00 bits per heavy atom. The van der Waals surface area contributed by atoms with Crippen LogP contribution in [0.2, 0.25) is 10.0 Å². The molecule has 0 saturated carbocycles. The quantitative estimate of drug-likeness (QED) is 0.348. The number of halogens is 2. The average molecular weight is 377 g/mol. The molecule has 2 aromatic rings. The zero-order chi connectivity index (χ0) is 18.4. The number of carbonyl (C=O) groups excluding carboxylic acids is 1. The van der Waals surface area contributed by atoms with Gasteiger partial charge in [0.2, 0.25) is 0 Å². The minimum Gasteiger partial charge on any atom is -0.360 e. The summed E-state index contributed by atoms with van der Waals surface area (Å²) in [6, 6.07) is 11.9. The highest BCUT2D eigenvalue weighted by Crippen LogP contribution is 2.25. The van der Waals surface area contributed by atoms with E-state index in [1.54, 1.807) is 18.2 Å².